The third-order valence-electron chi connectivity index (χ3n) is 5.44. The van der Waals surface area contributed by atoms with E-state index in [2.05, 4.69) is 29.0 Å². The number of likely N-dealkylation sites (tertiary alicyclic amines) is 1. The highest BCUT2D eigenvalue weighted by atomic mass is 16.2. The van der Waals surface area contributed by atoms with Crippen LogP contribution in [0.25, 0.3) is 0 Å². The second-order valence-electron chi connectivity index (χ2n) is 6.96. The standard InChI is InChI=1S/C15H27N3O/c1-15(2,18-8-6-16-7-9-18)14(19)17-10-12-4-3-5-13(12)11-17/h12-13,16H,3-11H2,1-2H3. The van der Waals surface area contributed by atoms with Crippen LogP contribution in [0.5, 0.6) is 0 Å². The number of nitrogens with one attached hydrogen (secondary N) is 1. The van der Waals surface area contributed by atoms with Crippen molar-refractivity contribution in [3.63, 3.8) is 0 Å². The lowest BCUT2D eigenvalue weighted by Crippen LogP contribution is -2.60. The topological polar surface area (TPSA) is 35.6 Å². The molecule has 4 nitrogen and oxygen atoms in total. The molecular weight excluding hydrogens is 238 g/mol. The Kier molecular flexibility index (Phi) is 3.56. The van der Waals surface area contributed by atoms with Crippen molar-refractivity contribution in [1.29, 1.82) is 0 Å². The summed E-state index contributed by atoms with van der Waals surface area (Å²) in [5, 5.41) is 3.36. The van der Waals surface area contributed by atoms with Gasteiger partial charge in [0.1, 0.15) is 0 Å². The van der Waals surface area contributed by atoms with Crippen LogP contribution in [0.4, 0.5) is 0 Å². The SMILES string of the molecule is CC(C)(C(=O)N1CC2CCCC2C1)N1CCNCC1. The summed E-state index contributed by atoms with van der Waals surface area (Å²) in [6.07, 6.45) is 4.05. The number of amides is 1. The van der Waals surface area contributed by atoms with Gasteiger partial charge in [0.2, 0.25) is 5.91 Å². The molecule has 0 radical (unpaired) electrons. The lowest BCUT2D eigenvalue weighted by atomic mass is 9.99. The molecule has 1 N–H and O–H groups in total. The molecule has 19 heavy (non-hydrogen) atoms. The quantitative estimate of drug-likeness (QED) is 0.807. The Balaban J connectivity index is 1.65. The summed E-state index contributed by atoms with van der Waals surface area (Å²) in [4.78, 5) is 17.4. The molecule has 3 aliphatic rings. The van der Waals surface area contributed by atoms with E-state index in [1.54, 1.807) is 0 Å². The molecule has 0 spiro atoms. The van der Waals surface area contributed by atoms with Gasteiger partial charge < -0.3 is 10.2 Å². The first kappa shape index (κ1) is 13.4. The van der Waals surface area contributed by atoms with Gasteiger partial charge in [-0.05, 0) is 38.5 Å². The Morgan fingerprint density at radius 1 is 1.11 bits per heavy atom. The van der Waals surface area contributed by atoms with Crippen molar-refractivity contribution in [2.45, 2.75) is 38.6 Å². The van der Waals surface area contributed by atoms with Crippen LogP contribution in [0.3, 0.4) is 0 Å². The van der Waals surface area contributed by atoms with E-state index in [0.717, 1.165) is 51.1 Å². The summed E-state index contributed by atoms with van der Waals surface area (Å²) in [5.74, 6) is 1.94. The zero-order chi connectivity index (χ0) is 13.5. The molecule has 2 unspecified atom stereocenters. The van der Waals surface area contributed by atoms with Crippen molar-refractivity contribution in [1.82, 2.24) is 15.1 Å². The summed E-state index contributed by atoms with van der Waals surface area (Å²) in [5.41, 5.74) is -0.333. The average Bonchev–Trinajstić information content (AvgIpc) is 2.99. The van der Waals surface area contributed by atoms with Crippen LogP contribution in [0.15, 0.2) is 0 Å². The Morgan fingerprint density at radius 3 is 2.26 bits per heavy atom. The van der Waals surface area contributed by atoms with Gasteiger partial charge in [-0.1, -0.05) is 6.42 Å². The molecule has 3 fully saturated rings. The van der Waals surface area contributed by atoms with Crippen LogP contribution < -0.4 is 5.32 Å². The van der Waals surface area contributed by atoms with E-state index in [-0.39, 0.29) is 5.54 Å². The number of carbonyl (C=O) groups excluding carboxylic acids is 1. The number of fused-ring (bicyclic) bond motifs is 1. The van der Waals surface area contributed by atoms with E-state index in [1.807, 2.05) is 0 Å². The highest BCUT2D eigenvalue weighted by molar-refractivity contribution is 5.85. The fraction of sp³-hybridized carbons (Fsp3) is 0.933. The summed E-state index contributed by atoms with van der Waals surface area (Å²) in [6.45, 7) is 10.2. The van der Waals surface area contributed by atoms with Gasteiger partial charge in [-0.3, -0.25) is 9.69 Å². The van der Waals surface area contributed by atoms with Gasteiger partial charge in [-0.25, -0.2) is 0 Å². The molecule has 108 valence electrons. The zero-order valence-electron chi connectivity index (χ0n) is 12.3. The van der Waals surface area contributed by atoms with E-state index >= 15 is 0 Å². The van der Waals surface area contributed by atoms with Crippen molar-refractivity contribution in [2.24, 2.45) is 11.8 Å². The number of hydrogen-bond acceptors (Lipinski definition) is 3. The van der Waals surface area contributed by atoms with Crippen molar-refractivity contribution < 1.29 is 4.79 Å². The summed E-state index contributed by atoms with van der Waals surface area (Å²) in [6, 6.07) is 0. The first-order valence-corrected chi connectivity index (χ1v) is 7.84. The second kappa shape index (κ2) is 5.06. The number of piperazine rings is 1. The highest BCUT2D eigenvalue weighted by Crippen LogP contribution is 2.38. The maximum absolute atomic E-state index is 12.9. The van der Waals surface area contributed by atoms with E-state index < -0.39 is 0 Å². The number of nitrogens with zero attached hydrogens (tertiary/aromatic N) is 2. The molecule has 2 aliphatic heterocycles. The lowest BCUT2D eigenvalue weighted by molar-refractivity contribution is -0.142. The van der Waals surface area contributed by atoms with E-state index in [4.69, 9.17) is 0 Å². The zero-order valence-corrected chi connectivity index (χ0v) is 12.3. The number of rotatable bonds is 2. The maximum Gasteiger partial charge on any atom is 0.242 e. The van der Waals surface area contributed by atoms with Gasteiger partial charge in [-0.15, -0.1) is 0 Å². The Bertz CT molecular complexity index is 337. The number of carbonyl (C=O) groups is 1. The van der Waals surface area contributed by atoms with Crippen LogP contribution in [-0.2, 0) is 4.79 Å². The van der Waals surface area contributed by atoms with Crippen LogP contribution in [0.1, 0.15) is 33.1 Å². The molecule has 2 saturated heterocycles. The minimum atomic E-state index is -0.333. The molecule has 0 aromatic heterocycles. The van der Waals surface area contributed by atoms with Crippen molar-refractivity contribution in [2.75, 3.05) is 39.3 Å². The molecule has 4 heteroatoms. The van der Waals surface area contributed by atoms with Crippen molar-refractivity contribution in [3.8, 4) is 0 Å². The van der Waals surface area contributed by atoms with E-state index in [0.29, 0.717) is 5.91 Å². The molecule has 1 saturated carbocycles. The van der Waals surface area contributed by atoms with E-state index in [1.165, 1.54) is 19.3 Å². The minimum absolute atomic E-state index is 0.333. The smallest absolute Gasteiger partial charge is 0.242 e. The Hall–Kier alpha value is -0.610. The maximum atomic E-state index is 12.9. The third kappa shape index (κ3) is 2.40. The van der Waals surface area contributed by atoms with Gasteiger partial charge in [0.15, 0.2) is 0 Å². The molecule has 0 bridgehead atoms. The van der Waals surface area contributed by atoms with Gasteiger partial charge in [0.25, 0.3) is 0 Å². The van der Waals surface area contributed by atoms with Crippen LogP contribution in [0.2, 0.25) is 0 Å². The van der Waals surface area contributed by atoms with Gasteiger partial charge in [0.05, 0.1) is 5.54 Å². The van der Waals surface area contributed by atoms with Gasteiger partial charge in [0, 0.05) is 39.3 Å². The number of hydrogen-bond donors (Lipinski definition) is 1. The predicted molar refractivity (Wildman–Crippen MR) is 75.9 cm³/mol. The molecule has 1 aliphatic carbocycles. The van der Waals surface area contributed by atoms with Crippen LogP contribution >= 0.6 is 0 Å². The molecule has 0 aromatic carbocycles. The molecule has 2 heterocycles. The van der Waals surface area contributed by atoms with Crippen molar-refractivity contribution >= 4 is 5.91 Å². The van der Waals surface area contributed by atoms with Crippen molar-refractivity contribution in [3.05, 3.63) is 0 Å². The largest absolute Gasteiger partial charge is 0.341 e. The fourth-order valence-corrected chi connectivity index (χ4v) is 4.15. The fourth-order valence-electron chi connectivity index (χ4n) is 4.15. The molecule has 3 rings (SSSR count). The van der Waals surface area contributed by atoms with Gasteiger partial charge >= 0.3 is 0 Å². The highest BCUT2D eigenvalue weighted by Gasteiger charge is 2.44. The second-order valence-corrected chi connectivity index (χ2v) is 6.96. The molecule has 2 atom stereocenters. The summed E-state index contributed by atoms with van der Waals surface area (Å²) < 4.78 is 0. The summed E-state index contributed by atoms with van der Waals surface area (Å²) >= 11 is 0. The first-order chi connectivity index (χ1) is 9.09. The van der Waals surface area contributed by atoms with Crippen LogP contribution in [-0.4, -0.2) is 60.5 Å². The molecular formula is C15H27N3O. The minimum Gasteiger partial charge on any atom is -0.341 e. The predicted octanol–water partition coefficient (Wildman–Crippen LogP) is 0.929. The Labute approximate surface area is 116 Å². The average molecular weight is 265 g/mol. The normalized spacial score (nSPS) is 32.6. The summed E-state index contributed by atoms with van der Waals surface area (Å²) in [7, 11) is 0. The third-order valence-corrected chi connectivity index (χ3v) is 5.44. The van der Waals surface area contributed by atoms with Crippen LogP contribution in [0, 0.1) is 11.8 Å². The molecule has 0 aromatic rings. The first-order valence-electron chi connectivity index (χ1n) is 7.84. The Morgan fingerprint density at radius 2 is 1.68 bits per heavy atom. The van der Waals surface area contributed by atoms with E-state index in [9.17, 15) is 4.79 Å². The molecule has 1 amide bonds. The lowest BCUT2D eigenvalue weighted by Gasteiger charge is -2.41. The van der Waals surface area contributed by atoms with Gasteiger partial charge in [-0.2, -0.15) is 0 Å². The monoisotopic (exact) mass is 265 g/mol.